The van der Waals surface area contributed by atoms with Crippen LogP contribution in [0.5, 0.6) is 0 Å². The van der Waals surface area contributed by atoms with Gasteiger partial charge in [0.25, 0.3) is 0 Å². The predicted octanol–water partition coefficient (Wildman–Crippen LogP) is 1.29. The van der Waals surface area contributed by atoms with Crippen molar-refractivity contribution >= 4 is 16.9 Å². The van der Waals surface area contributed by atoms with E-state index in [1.165, 1.54) is 0 Å². The summed E-state index contributed by atoms with van der Waals surface area (Å²) in [7, 11) is 0. The Kier molecular flexibility index (Phi) is 2.46. The van der Waals surface area contributed by atoms with Gasteiger partial charge in [0.15, 0.2) is 17.3 Å². The van der Waals surface area contributed by atoms with E-state index in [0.29, 0.717) is 36.8 Å². The highest BCUT2D eigenvalue weighted by Gasteiger charge is 2.44. The number of ether oxygens (including phenoxy) is 1. The summed E-state index contributed by atoms with van der Waals surface area (Å²) in [5.74, 6) is 0.613. The van der Waals surface area contributed by atoms with Gasteiger partial charge in [0, 0.05) is 19.0 Å². The number of aryl methyl sites for hydroxylation is 1. The van der Waals surface area contributed by atoms with Gasteiger partial charge < -0.3 is 14.9 Å². The van der Waals surface area contributed by atoms with E-state index in [2.05, 4.69) is 4.98 Å². The molecule has 18 heavy (non-hydrogen) atoms. The molecule has 2 N–H and O–H groups in total. The molecule has 2 heterocycles. The number of hydrogen-bond acceptors (Lipinski definition) is 5. The molecule has 3 rings (SSSR count). The van der Waals surface area contributed by atoms with Crippen LogP contribution in [0.15, 0.2) is 22.6 Å². The third-order valence-electron chi connectivity index (χ3n) is 3.39. The molecule has 0 spiro atoms. The Balaban J connectivity index is 2.01. The van der Waals surface area contributed by atoms with Gasteiger partial charge >= 0.3 is 0 Å². The van der Waals surface area contributed by atoms with E-state index in [0.717, 1.165) is 5.52 Å². The Hall–Kier alpha value is -1.72. The summed E-state index contributed by atoms with van der Waals surface area (Å²) >= 11 is 0. The molecule has 1 saturated heterocycles. The molecule has 1 aliphatic heterocycles. The second-order valence-electron chi connectivity index (χ2n) is 4.72. The normalized spacial score (nSPS) is 17.7. The fourth-order valence-electron chi connectivity index (χ4n) is 2.18. The van der Waals surface area contributed by atoms with E-state index >= 15 is 0 Å². The van der Waals surface area contributed by atoms with Gasteiger partial charge in [-0.15, -0.1) is 0 Å². The van der Waals surface area contributed by atoms with Crippen LogP contribution in [-0.2, 0) is 4.74 Å². The summed E-state index contributed by atoms with van der Waals surface area (Å²) in [6.07, 6.45) is 0. The fraction of sp³-hybridized carbons (Fsp3) is 0.385. The Morgan fingerprint density at radius 3 is 2.89 bits per heavy atom. The molecule has 0 bridgehead atoms. The maximum Gasteiger partial charge on any atom is 0.192 e. The molecule has 5 nitrogen and oxygen atoms in total. The number of fused-ring (bicyclic) bond motifs is 1. The zero-order valence-corrected chi connectivity index (χ0v) is 10.1. The topological polar surface area (TPSA) is 78.4 Å². The highest BCUT2D eigenvalue weighted by Crippen LogP contribution is 2.31. The molecular formula is C13H14N2O3. The van der Waals surface area contributed by atoms with Crippen LogP contribution in [0.3, 0.4) is 0 Å². The first-order valence-electron chi connectivity index (χ1n) is 5.84. The van der Waals surface area contributed by atoms with Crippen molar-refractivity contribution in [2.75, 3.05) is 19.8 Å². The van der Waals surface area contributed by atoms with Gasteiger partial charge in [-0.2, -0.15) is 0 Å². The molecule has 0 amide bonds. The molecule has 1 aromatic heterocycles. The lowest BCUT2D eigenvalue weighted by Gasteiger charge is -2.38. The molecule has 0 aliphatic carbocycles. The summed E-state index contributed by atoms with van der Waals surface area (Å²) < 4.78 is 10.6. The number of Topliss-reactive ketones (excluding diaryl/α,β-unsaturated/α-hetero) is 1. The van der Waals surface area contributed by atoms with Crippen molar-refractivity contribution in [2.24, 2.45) is 11.1 Å². The zero-order valence-electron chi connectivity index (χ0n) is 10.1. The van der Waals surface area contributed by atoms with Crippen molar-refractivity contribution in [1.29, 1.82) is 0 Å². The van der Waals surface area contributed by atoms with Gasteiger partial charge in [-0.05, 0) is 18.2 Å². The average Bonchev–Trinajstić information content (AvgIpc) is 2.67. The number of carbonyl (C=O) groups excluding carboxylic acids is 1. The number of rotatable bonds is 3. The third kappa shape index (κ3) is 1.55. The lowest BCUT2D eigenvalue weighted by molar-refractivity contribution is -0.0816. The van der Waals surface area contributed by atoms with Gasteiger partial charge in [0.2, 0.25) is 0 Å². The van der Waals surface area contributed by atoms with Crippen LogP contribution < -0.4 is 5.73 Å². The monoisotopic (exact) mass is 246 g/mol. The number of hydrogen-bond donors (Lipinski definition) is 1. The summed E-state index contributed by atoms with van der Waals surface area (Å²) in [6, 6.07) is 5.29. The highest BCUT2D eigenvalue weighted by atomic mass is 16.5. The lowest BCUT2D eigenvalue weighted by Crippen LogP contribution is -2.54. The Morgan fingerprint density at radius 2 is 2.28 bits per heavy atom. The van der Waals surface area contributed by atoms with Crippen molar-refractivity contribution in [3.63, 3.8) is 0 Å². The van der Waals surface area contributed by atoms with Crippen LogP contribution in [0.1, 0.15) is 16.2 Å². The van der Waals surface area contributed by atoms with Crippen molar-refractivity contribution in [3.8, 4) is 0 Å². The summed E-state index contributed by atoms with van der Waals surface area (Å²) in [4.78, 5) is 16.6. The molecule has 94 valence electrons. The van der Waals surface area contributed by atoms with Crippen LogP contribution in [0, 0.1) is 12.3 Å². The zero-order chi connectivity index (χ0) is 12.8. The number of nitrogens with two attached hydrogens (primary N) is 1. The van der Waals surface area contributed by atoms with Crippen molar-refractivity contribution in [2.45, 2.75) is 6.92 Å². The van der Waals surface area contributed by atoms with E-state index in [1.807, 2.05) is 0 Å². The molecular weight excluding hydrogens is 232 g/mol. The van der Waals surface area contributed by atoms with Crippen molar-refractivity contribution in [3.05, 3.63) is 29.7 Å². The SMILES string of the molecule is Cc1nc2ccc(C(=O)C3(CN)COC3)cc2o1. The van der Waals surface area contributed by atoms with E-state index in [1.54, 1.807) is 25.1 Å². The summed E-state index contributed by atoms with van der Waals surface area (Å²) in [5.41, 5.74) is 7.13. The molecule has 1 aliphatic rings. The maximum absolute atomic E-state index is 12.4. The minimum absolute atomic E-state index is 0.0206. The second-order valence-corrected chi connectivity index (χ2v) is 4.72. The number of aromatic nitrogens is 1. The molecule has 0 unspecified atom stereocenters. The molecule has 0 atom stereocenters. The van der Waals surface area contributed by atoms with E-state index in [9.17, 15) is 4.79 Å². The number of nitrogens with zero attached hydrogens (tertiary/aromatic N) is 1. The third-order valence-corrected chi connectivity index (χ3v) is 3.39. The number of benzene rings is 1. The Bertz CT molecular complexity index is 608. The van der Waals surface area contributed by atoms with Crippen molar-refractivity contribution < 1.29 is 13.9 Å². The first-order valence-corrected chi connectivity index (χ1v) is 5.84. The van der Waals surface area contributed by atoms with E-state index < -0.39 is 5.41 Å². The largest absolute Gasteiger partial charge is 0.441 e. The maximum atomic E-state index is 12.4. The molecule has 5 heteroatoms. The summed E-state index contributed by atoms with van der Waals surface area (Å²) in [6.45, 7) is 2.88. The van der Waals surface area contributed by atoms with Crippen LogP contribution in [-0.4, -0.2) is 30.5 Å². The van der Waals surface area contributed by atoms with Gasteiger partial charge in [-0.1, -0.05) is 0 Å². The second kappa shape index (κ2) is 3.90. The van der Waals surface area contributed by atoms with Gasteiger partial charge in [0.1, 0.15) is 5.52 Å². The van der Waals surface area contributed by atoms with Crippen LogP contribution in [0.25, 0.3) is 11.1 Å². The highest BCUT2D eigenvalue weighted by molar-refractivity contribution is 6.03. The molecule has 1 aromatic carbocycles. The fourth-order valence-corrected chi connectivity index (χ4v) is 2.18. The van der Waals surface area contributed by atoms with Gasteiger partial charge in [-0.25, -0.2) is 4.98 Å². The van der Waals surface area contributed by atoms with E-state index in [4.69, 9.17) is 14.9 Å². The molecule has 1 fully saturated rings. The first-order chi connectivity index (χ1) is 8.64. The minimum Gasteiger partial charge on any atom is -0.441 e. The minimum atomic E-state index is -0.553. The average molecular weight is 246 g/mol. The lowest BCUT2D eigenvalue weighted by atomic mass is 9.78. The summed E-state index contributed by atoms with van der Waals surface area (Å²) in [5, 5.41) is 0. The quantitative estimate of drug-likeness (QED) is 0.826. The molecule has 0 saturated carbocycles. The smallest absolute Gasteiger partial charge is 0.192 e. The Morgan fingerprint density at radius 1 is 1.50 bits per heavy atom. The number of oxazole rings is 1. The van der Waals surface area contributed by atoms with Gasteiger partial charge in [0.05, 0.1) is 18.6 Å². The predicted molar refractivity (Wildman–Crippen MR) is 65.4 cm³/mol. The van der Waals surface area contributed by atoms with Crippen LogP contribution >= 0.6 is 0 Å². The van der Waals surface area contributed by atoms with Crippen molar-refractivity contribution in [1.82, 2.24) is 4.98 Å². The van der Waals surface area contributed by atoms with Crippen LogP contribution in [0.2, 0.25) is 0 Å². The number of carbonyl (C=O) groups is 1. The number of ketones is 1. The standard InChI is InChI=1S/C13H14N2O3/c1-8-15-10-3-2-9(4-11(10)18-8)12(16)13(5-14)6-17-7-13/h2-4H,5-7,14H2,1H3. The van der Waals surface area contributed by atoms with Gasteiger partial charge in [-0.3, -0.25) is 4.79 Å². The van der Waals surface area contributed by atoms with E-state index in [-0.39, 0.29) is 5.78 Å². The first kappa shape index (κ1) is 11.4. The molecule has 0 radical (unpaired) electrons. The van der Waals surface area contributed by atoms with Crippen LogP contribution in [0.4, 0.5) is 0 Å². The Labute approximate surface area is 104 Å². The molecule has 2 aromatic rings.